The van der Waals surface area contributed by atoms with Crippen molar-refractivity contribution in [3.05, 3.63) is 0 Å². The fourth-order valence-corrected chi connectivity index (χ4v) is 1.23. The second-order valence-corrected chi connectivity index (χ2v) is 4.24. The number of carboxylic acids is 1. The lowest BCUT2D eigenvalue weighted by Crippen LogP contribution is -2.43. The van der Waals surface area contributed by atoms with Crippen LogP contribution in [0.15, 0.2) is 0 Å². The number of methoxy groups -OCH3 is 1. The summed E-state index contributed by atoms with van der Waals surface area (Å²) in [6.07, 6.45) is 0.963. The summed E-state index contributed by atoms with van der Waals surface area (Å²) in [6, 6.07) is -0.364. The maximum absolute atomic E-state index is 11.3. The topological polar surface area (TPSA) is 87.7 Å². The number of carbonyl (C=O) groups is 2. The molecule has 6 heteroatoms. The van der Waals surface area contributed by atoms with E-state index in [9.17, 15) is 9.59 Å². The van der Waals surface area contributed by atoms with Crippen LogP contribution in [-0.4, -0.2) is 43.4 Å². The van der Waals surface area contributed by atoms with Gasteiger partial charge in [-0.05, 0) is 18.8 Å². The van der Waals surface area contributed by atoms with Gasteiger partial charge < -0.3 is 20.5 Å². The minimum atomic E-state index is -1.09. The normalized spacial score (nSPS) is 12.2. The third-order valence-electron chi connectivity index (χ3n) is 2.25. The first-order valence-corrected chi connectivity index (χ1v) is 5.74. The summed E-state index contributed by atoms with van der Waals surface area (Å²) < 4.78 is 4.68. The monoisotopic (exact) mass is 246 g/mol. The molecule has 3 N–H and O–H groups in total. The first-order chi connectivity index (χ1) is 7.97. The van der Waals surface area contributed by atoms with Crippen LogP contribution in [0.2, 0.25) is 0 Å². The number of hydrogen-bond acceptors (Lipinski definition) is 3. The average molecular weight is 246 g/mol. The van der Waals surface area contributed by atoms with Crippen LogP contribution < -0.4 is 10.6 Å². The van der Waals surface area contributed by atoms with Crippen molar-refractivity contribution in [2.75, 3.05) is 20.2 Å². The Kier molecular flexibility index (Phi) is 8.13. The summed E-state index contributed by atoms with van der Waals surface area (Å²) >= 11 is 0. The smallest absolute Gasteiger partial charge is 0.334 e. The van der Waals surface area contributed by atoms with E-state index in [1.165, 1.54) is 7.11 Å². The molecule has 0 aliphatic heterocycles. The van der Waals surface area contributed by atoms with Gasteiger partial charge in [-0.2, -0.15) is 0 Å². The highest BCUT2D eigenvalue weighted by molar-refractivity contribution is 5.76. The second-order valence-electron chi connectivity index (χ2n) is 4.24. The summed E-state index contributed by atoms with van der Waals surface area (Å²) in [4.78, 5) is 21.8. The van der Waals surface area contributed by atoms with E-state index in [4.69, 9.17) is 5.11 Å². The van der Waals surface area contributed by atoms with Crippen LogP contribution in [0.25, 0.3) is 0 Å². The Labute approximate surface area is 102 Å². The van der Waals surface area contributed by atoms with Gasteiger partial charge in [0.25, 0.3) is 0 Å². The van der Waals surface area contributed by atoms with Crippen LogP contribution >= 0.6 is 0 Å². The molecule has 1 unspecified atom stereocenters. The van der Waals surface area contributed by atoms with Gasteiger partial charge in [-0.15, -0.1) is 0 Å². The van der Waals surface area contributed by atoms with Gasteiger partial charge >= 0.3 is 12.0 Å². The van der Waals surface area contributed by atoms with Crippen molar-refractivity contribution >= 4 is 12.0 Å². The molecule has 6 nitrogen and oxygen atoms in total. The van der Waals surface area contributed by atoms with Crippen LogP contribution in [-0.2, 0) is 9.53 Å². The lowest BCUT2D eigenvalue weighted by atomic mass is 10.1. The van der Waals surface area contributed by atoms with Crippen LogP contribution in [0.5, 0.6) is 0 Å². The van der Waals surface area contributed by atoms with Gasteiger partial charge in [0.2, 0.25) is 0 Å². The Balaban J connectivity index is 3.62. The first kappa shape index (κ1) is 15.7. The van der Waals surface area contributed by atoms with Gasteiger partial charge in [0.15, 0.2) is 6.10 Å². The number of hydrogen-bond donors (Lipinski definition) is 3. The number of carbonyl (C=O) groups excluding carboxylic acids is 1. The van der Waals surface area contributed by atoms with Gasteiger partial charge in [-0.1, -0.05) is 13.8 Å². The zero-order valence-corrected chi connectivity index (χ0v) is 10.7. The molecule has 0 aromatic carbocycles. The lowest BCUT2D eigenvalue weighted by Gasteiger charge is -2.12. The van der Waals surface area contributed by atoms with Crippen molar-refractivity contribution < 1.29 is 19.4 Å². The number of amides is 2. The van der Waals surface area contributed by atoms with E-state index < -0.39 is 12.1 Å². The molecular formula is C11H22N2O4. The van der Waals surface area contributed by atoms with Crippen LogP contribution in [0.3, 0.4) is 0 Å². The van der Waals surface area contributed by atoms with E-state index in [2.05, 4.69) is 29.2 Å². The Morgan fingerprint density at radius 2 is 1.94 bits per heavy atom. The zero-order valence-electron chi connectivity index (χ0n) is 10.7. The van der Waals surface area contributed by atoms with Gasteiger partial charge in [0.05, 0.1) is 6.54 Å². The van der Waals surface area contributed by atoms with E-state index in [1.807, 2.05) is 0 Å². The lowest BCUT2D eigenvalue weighted by molar-refractivity contribution is -0.147. The minimum absolute atomic E-state index is 0.0398. The summed E-state index contributed by atoms with van der Waals surface area (Å²) in [6.45, 7) is 4.79. The summed E-state index contributed by atoms with van der Waals surface area (Å²) in [5, 5.41) is 13.8. The molecule has 0 aromatic heterocycles. The molecule has 2 amide bonds. The molecule has 0 fully saturated rings. The van der Waals surface area contributed by atoms with Crippen molar-refractivity contribution in [3.8, 4) is 0 Å². The fourth-order valence-electron chi connectivity index (χ4n) is 1.23. The van der Waals surface area contributed by atoms with Crippen molar-refractivity contribution in [1.82, 2.24) is 10.6 Å². The molecule has 0 saturated carbocycles. The van der Waals surface area contributed by atoms with Gasteiger partial charge in [-0.3, -0.25) is 0 Å². The third-order valence-corrected chi connectivity index (χ3v) is 2.25. The molecule has 100 valence electrons. The van der Waals surface area contributed by atoms with E-state index in [-0.39, 0.29) is 12.6 Å². The fraction of sp³-hybridized carbons (Fsp3) is 0.818. The van der Waals surface area contributed by atoms with Gasteiger partial charge in [0, 0.05) is 13.7 Å². The second kappa shape index (κ2) is 8.81. The number of rotatable bonds is 8. The largest absolute Gasteiger partial charge is 0.479 e. The molecule has 1 atom stereocenters. The molecule has 0 aliphatic carbocycles. The minimum Gasteiger partial charge on any atom is -0.479 e. The number of aliphatic carboxylic acids is 1. The van der Waals surface area contributed by atoms with Crippen molar-refractivity contribution in [2.24, 2.45) is 5.92 Å². The van der Waals surface area contributed by atoms with Gasteiger partial charge in [0.1, 0.15) is 0 Å². The molecule has 0 aromatic rings. The number of carboxylic acid groups (broad SMARTS) is 1. The van der Waals surface area contributed by atoms with Crippen LogP contribution in [0, 0.1) is 5.92 Å². The molecule has 0 radical (unpaired) electrons. The molecule has 17 heavy (non-hydrogen) atoms. The third kappa shape index (κ3) is 8.50. The Morgan fingerprint density at radius 1 is 1.29 bits per heavy atom. The van der Waals surface area contributed by atoms with Crippen molar-refractivity contribution in [1.29, 1.82) is 0 Å². The molecule has 0 saturated heterocycles. The SMILES string of the molecule is COC(CNC(=O)NCCCC(C)C)C(=O)O. The van der Waals surface area contributed by atoms with E-state index >= 15 is 0 Å². The van der Waals surface area contributed by atoms with E-state index in [0.29, 0.717) is 12.5 Å². The van der Waals surface area contributed by atoms with E-state index in [0.717, 1.165) is 12.8 Å². The number of nitrogens with one attached hydrogen (secondary N) is 2. The van der Waals surface area contributed by atoms with Gasteiger partial charge in [-0.25, -0.2) is 9.59 Å². The standard InChI is InChI=1S/C11H22N2O4/c1-8(2)5-4-6-12-11(16)13-7-9(17-3)10(14)15/h8-9H,4-7H2,1-3H3,(H,14,15)(H2,12,13,16). The Morgan fingerprint density at radius 3 is 2.41 bits per heavy atom. The van der Waals surface area contributed by atoms with Crippen molar-refractivity contribution in [2.45, 2.75) is 32.8 Å². The predicted octanol–water partition coefficient (Wildman–Crippen LogP) is 0.821. The molecular weight excluding hydrogens is 224 g/mol. The maximum Gasteiger partial charge on any atom is 0.334 e. The van der Waals surface area contributed by atoms with E-state index in [1.54, 1.807) is 0 Å². The van der Waals surface area contributed by atoms with Crippen LogP contribution in [0.1, 0.15) is 26.7 Å². The molecule has 0 heterocycles. The number of urea groups is 1. The summed E-state index contributed by atoms with van der Waals surface area (Å²) in [5.74, 6) is -0.475. The first-order valence-electron chi connectivity index (χ1n) is 5.74. The Hall–Kier alpha value is -1.30. The Bertz CT molecular complexity index is 244. The predicted molar refractivity (Wildman–Crippen MR) is 63.9 cm³/mol. The average Bonchev–Trinajstić information content (AvgIpc) is 2.24. The highest BCUT2D eigenvalue weighted by atomic mass is 16.5. The quantitative estimate of drug-likeness (QED) is 0.553. The summed E-state index contributed by atoms with van der Waals surface area (Å²) in [5.41, 5.74) is 0. The molecule has 0 aliphatic rings. The highest BCUT2D eigenvalue weighted by Crippen LogP contribution is 2.01. The van der Waals surface area contributed by atoms with Crippen molar-refractivity contribution in [3.63, 3.8) is 0 Å². The zero-order chi connectivity index (χ0) is 13.3. The molecule has 0 bridgehead atoms. The maximum atomic E-state index is 11.3. The summed E-state index contributed by atoms with van der Waals surface area (Å²) in [7, 11) is 1.29. The highest BCUT2D eigenvalue weighted by Gasteiger charge is 2.16. The molecule has 0 rings (SSSR count). The van der Waals surface area contributed by atoms with Crippen LogP contribution in [0.4, 0.5) is 4.79 Å². The molecule has 0 spiro atoms. The number of ether oxygens (including phenoxy) is 1.